The second kappa shape index (κ2) is 39.9. The molecule has 0 heterocycles. The Kier molecular flexibility index (Phi) is 43.6. The normalized spacial score (nSPS) is 15.0. The summed E-state index contributed by atoms with van der Waals surface area (Å²) < 4.78 is 4.48. The van der Waals surface area contributed by atoms with E-state index >= 15 is 0 Å². The Morgan fingerprint density at radius 1 is 0.379 bits per heavy atom. The second-order valence-corrected chi connectivity index (χ2v) is 20.9. The molecule has 5 atom stereocenters. The Balaban J connectivity index is -0.000000337. The fourth-order valence-electron chi connectivity index (χ4n) is 6.64. The van der Waals surface area contributed by atoms with E-state index in [1.807, 2.05) is 12.2 Å². The molecule has 0 aromatic heterocycles. The van der Waals surface area contributed by atoms with Gasteiger partial charge in [0.15, 0.2) is 0 Å². The number of nitrogens with zero attached hydrogens (tertiary/aromatic N) is 4. The van der Waals surface area contributed by atoms with Crippen molar-refractivity contribution in [1.82, 2.24) is 0 Å². The van der Waals surface area contributed by atoms with Crippen LogP contribution < -0.4 is 0 Å². The predicted octanol–water partition coefficient (Wildman–Crippen LogP) is 14.6. The largest absolute Gasteiger partial charge is 0.325 e. The number of quaternary nitrogens is 4. The molecule has 0 aliphatic heterocycles. The maximum atomic E-state index is 3.89. The lowest BCUT2D eigenvalue weighted by Crippen LogP contribution is -2.46. The first kappa shape index (κ1) is 63.4. The van der Waals surface area contributed by atoms with E-state index in [0.29, 0.717) is 0 Å². The van der Waals surface area contributed by atoms with Crippen LogP contribution in [0.4, 0.5) is 0 Å². The molecule has 0 aliphatic carbocycles. The fourth-order valence-corrected chi connectivity index (χ4v) is 6.64. The number of rotatable bonds is 33. The third-order valence-electron chi connectivity index (χ3n) is 12.7. The molecule has 348 valence electrons. The first-order chi connectivity index (χ1) is 27.1. The lowest BCUT2D eigenvalue weighted by Gasteiger charge is -2.34. The van der Waals surface area contributed by atoms with Crippen LogP contribution in [0, 0.1) is 23.7 Å². The zero-order valence-corrected chi connectivity index (χ0v) is 43.8. The van der Waals surface area contributed by atoms with Crippen LogP contribution in [0.25, 0.3) is 0 Å². The summed E-state index contributed by atoms with van der Waals surface area (Å²) in [6, 6.07) is 0. The van der Waals surface area contributed by atoms with E-state index < -0.39 is 0 Å². The van der Waals surface area contributed by atoms with Crippen molar-refractivity contribution in [3.8, 4) is 0 Å². The molecule has 0 saturated carbocycles. The van der Waals surface area contributed by atoms with Gasteiger partial charge in [-0.3, -0.25) is 0 Å². The molecular formula is C54H116N4+4. The zero-order chi connectivity index (χ0) is 45.5. The number of likely N-dealkylation sites (N-methyl/N-ethyl adjacent to an activating group) is 4. The molecular weight excluding hydrogens is 705 g/mol. The topological polar surface area (TPSA) is 0 Å². The quantitative estimate of drug-likeness (QED) is 0.0351. The maximum Gasteiger partial charge on any atom is 0.0969 e. The van der Waals surface area contributed by atoms with Crippen molar-refractivity contribution in [2.75, 3.05) is 108 Å². The van der Waals surface area contributed by atoms with Crippen LogP contribution in [0.2, 0.25) is 0 Å². The lowest BCUT2D eigenvalue weighted by molar-refractivity contribution is -0.904. The van der Waals surface area contributed by atoms with Crippen molar-refractivity contribution in [3.05, 3.63) is 50.1 Å². The van der Waals surface area contributed by atoms with Crippen molar-refractivity contribution < 1.29 is 17.9 Å². The number of hydrogen-bond acceptors (Lipinski definition) is 0. The first-order valence-corrected chi connectivity index (χ1v) is 24.9. The minimum atomic E-state index is 0.868. The molecule has 0 radical (unpaired) electrons. The highest BCUT2D eigenvalue weighted by Gasteiger charge is 2.20. The van der Waals surface area contributed by atoms with Gasteiger partial charge < -0.3 is 17.9 Å². The molecule has 0 fully saturated rings. The van der Waals surface area contributed by atoms with E-state index in [2.05, 4.69) is 157 Å². The van der Waals surface area contributed by atoms with E-state index in [0.717, 1.165) is 56.8 Å². The number of allylic oxidation sites excluding steroid dienone is 1. The molecule has 0 aliphatic rings. The maximum absolute atomic E-state index is 3.89. The van der Waals surface area contributed by atoms with Crippen LogP contribution in [0.5, 0.6) is 0 Å². The van der Waals surface area contributed by atoms with Crippen molar-refractivity contribution in [1.29, 1.82) is 0 Å². The van der Waals surface area contributed by atoms with Crippen molar-refractivity contribution in [3.63, 3.8) is 0 Å². The van der Waals surface area contributed by atoms with Gasteiger partial charge in [0.2, 0.25) is 0 Å². The molecule has 0 aromatic rings. The Morgan fingerprint density at radius 3 is 1.19 bits per heavy atom. The van der Waals surface area contributed by atoms with E-state index in [4.69, 9.17) is 0 Å². The third-order valence-corrected chi connectivity index (χ3v) is 12.7. The van der Waals surface area contributed by atoms with Crippen LogP contribution in [-0.4, -0.2) is 126 Å². The highest BCUT2D eigenvalue weighted by atomic mass is 15.3. The molecule has 5 unspecified atom stereocenters. The zero-order valence-electron chi connectivity index (χ0n) is 43.8. The van der Waals surface area contributed by atoms with Crippen LogP contribution in [0.3, 0.4) is 0 Å². The first-order valence-electron chi connectivity index (χ1n) is 24.9. The molecule has 0 rings (SSSR count). The highest BCUT2D eigenvalue weighted by molar-refractivity contribution is 4.80. The summed E-state index contributed by atoms with van der Waals surface area (Å²) in [6.45, 7) is 45.4. The van der Waals surface area contributed by atoms with Gasteiger partial charge >= 0.3 is 0 Å². The van der Waals surface area contributed by atoms with Gasteiger partial charge in [0, 0.05) is 0 Å². The smallest absolute Gasteiger partial charge is 0.0969 e. The van der Waals surface area contributed by atoms with E-state index in [9.17, 15) is 0 Å². The average Bonchev–Trinajstić information content (AvgIpc) is 3.18. The monoisotopic (exact) mass is 821 g/mol. The van der Waals surface area contributed by atoms with Gasteiger partial charge in [0.25, 0.3) is 0 Å². The van der Waals surface area contributed by atoms with Crippen molar-refractivity contribution in [2.24, 2.45) is 23.7 Å². The summed E-state index contributed by atoms with van der Waals surface area (Å²) in [5.41, 5.74) is 0. The van der Waals surface area contributed by atoms with Crippen LogP contribution in [0.15, 0.2) is 50.1 Å². The molecule has 0 amide bonds. The van der Waals surface area contributed by atoms with E-state index in [1.165, 1.54) is 146 Å². The minimum Gasteiger partial charge on any atom is -0.325 e. The molecule has 0 saturated heterocycles. The SMILES string of the molecule is C=CC[N+](C)(C)CCC(C)CC.C=CC[N+](C)(C)CCCCCCC(C)CC.C=CC[N+](C)(CCCC)CCC(C)CC.CCC/C=C/C[N+](C)(C)CCC(C)CC. The van der Waals surface area contributed by atoms with Gasteiger partial charge in [-0.15, -0.1) is 0 Å². The molecule has 58 heavy (non-hydrogen) atoms. The Bertz CT molecular complexity index is 933. The molecule has 0 N–H and O–H groups in total. The summed E-state index contributed by atoms with van der Waals surface area (Å²) >= 11 is 0. The third kappa shape index (κ3) is 45.9. The summed E-state index contributed by atoms with van der Waals surface area (Å²) in [4.78, 5) is 0. The molecule has 4 nitrogen and oxygen atoms in total. The summed E-state index contributed by atoms with van der Waals surface area (Å²) in [5.74, 6) is 3.54. The van der Waals surface area contributed by atoms with Gasteiger partial charge in [-0.25, -0.2) is 0 Å². The van der Waals surface area contributed by atoms with Crippen molar-refractivity contribution >= 4 is 0 Å². The lowest BCUT2D eigenvalue weighted by atomic mass is 10.0. The standard InChI is InChI=1S/C15H32N.2C14H30N.C11H24N/c1-6-13-16(4,5)14-11-9-8-10-12-15(3)7-2;1-6-8-9-10-12-15(4,5)13-11-14(3)7-2;1-6-9-12-15(5,11-7-2)13-10-14(4)8-3;1-6-9-12(4,5)10-8-11(3)7-2/h6,15H,1,7-14H2,2-5H3;9-10,14H,6-8,11-13H2,1-5H3;7,14H,2,6,8-13H2,1,3-5H3;6,11H,1,7-10H2,2-5H3/q4*+1/b;10-9+;;. The fraction of sp³-hybridized carbons (Fsp3) is 0.852. The van der Waals surface area contributed by atoms with Crippen LogP contribution in [-0.2, 0) is 0 Å². The summed E-state index contributed by atoms with van der Waals surface area (Å²) in [5, 5.41) is 0. The highest BCUT2D eigenvalue weighted by Crippen LogP contribution is 2.15. The van der Waals surface area contributed by atoms with Gasteiger partial charge in [-0.1, -0.05) is 153 Å². The number of unbranched alkanes of at least 4 members (excludes halogenated alkanes) is 5. The predicted molar refractivity (Wildman–Crippen MR) is 271 cm³/mol. The minimum absolute atomic E-state index is 0.868. The Hall–Kier alpha value is -1.20. The van der Waals surface area contributed by atoms with Crippen molar-refractivity contribution in [2.45, 2.75) is 172 Å². The van der Waals surface area contributed by atoms with Gasteiger partial charge in [0.1, 0.15) is 0 Å². The van der Waals surface area contributed by atoms with Crippen LogP contribution >= 0.6 is 0 Å². The molecule has 0 bridgehead atoms. The average molecular weight is 822 g/mol. The number of hydrogen-bond donors (Lipinski definition) is 0. The molecule has 0 aromatic carbocycles. The van der Waals surface area contributed by atoms with Gasteiger partial charge in [-0.05, 0) is 92.9 Å². The van der Waals surface area contributed by atoms with E-state index in [-0.39, 0.29) is 0 Å². The summed E-state index contributed by atoms with van der Waals surface area (Å²) in [7, 11) is 16.2. The Labute approximate surface area is 370 Å². The summed E-state index contributed by atoms with van der Waals surface area (Å²) in [6.07, 6.45) is 32.2. The van der Waals surface area contributed by atoms with E-state index in [1.54, 1.807) is 0 Å². The van der Waals surface area contributed by atoms with Gasteiger partial charge in [0.05, 0.1) is 108 Å². The van der Waals surface area contributed by atoms with Gasteiger partial charge in [-0.2, -0.15) is 0 Å². The Morgan fingerprint density at radius 2 is 0.776 bits per heavy atom. The second-order valence-electron chi connectivity index (χ2n) is 20.9. The molecule has 4 heteroatoms. The van der Waals surface area contributed by atoms with Crippen LogP contribution in [0.1, 0.15) is 172 Å². The molecule has 0 spiro atoms.